The van der Waals surface area contributed by atoms with Crippen LogP contribution in [0.4, 0.5) is 0 Å². The van der Waals surface area contributed by atoms with Gasteiger partial charge in [-0.05, 0) is 5.92 Å². The van der Waals surface area contributed by atoms with Gasteiger partial charge in [0.05, 0.1) is 12.7 Å². The Morgan fingerprint density at radius 1 is 1.00 bits per heavy atom. The van der Waals surface area contributed by atoms with Crippen molar-refractivity contribution in [1.29, 1.82) is 0 Å². The molecule has 2 atom stereocenters. The topological polar surface area (TPSA) is 27.7 Å². The first-order valence-corrected chi connectivity index (χ1v) is 4.21. The molecule has 12 heavy (non-hydrogen) atoms. The minimum Gasteiger partial charge on any atom is -0.382 e. The van der Waals surface area contributed by atoms with Crippen LogP contribution in [0.25, 0.3) is 0 Å². The molecule has 0 saturated carbocycles. The molecular weight excluding hydrogens is 156 g/mol. The fourth-order valence-electron chi connectivity index (χ4n) is 1.31. The van der Waals surface area contributed by atoms with Crippen molar-refractivity contribution in [2.24, 2.45) is 5.92 Å². The van der Waals surface area contributed by atoms with Gasteiger partial charge < -0.3 is 14.2 Å². The molecule has 0 amide bonds. The van der Waals surface area contributed by atoms with Gasteiger partial charge in [-0.2, -0.15) is 0 Å². The number of methoxy groups -OCH3 is 3. The van der Waals surface area contributed by atoms with Crippen LogP contribution in [0.3, 0.4) is 0 Å². The Bertz CT molecular complexity index is 104. The summed E-state index contributed by atoms with van der Waals surface area (Å²) in [5, 5.41) is 0. The molecule has 0 N–H and O–H groups in total. The van der Waals surface area contributed by atoms with Gasteiger partial charge in [0.15, 0.2) is 0 Å². The smallest absolute Gasteiger partial charge is 0.107 e. The van der Waals surface area contributed by atoms with Gasteiger partial charge in [-0.25, -0.2) is 0 Å². The van der Waals surface area contributed by atoms with E-state index in [0.717, 1.165) is 0 Å². The maximum absolute atomic E-state index is 5.31. The summed E-state index contributed by atoms with van der Waals surface area (Å²) >= 11 is 0. The molecule has 0 aromatic carbocycles. The second kappa shape index (κ2) is 6.40. The largest absolute Gasteiger partial charge is 0.382 e. The first-order valence-electron chi connectivity index (χ1n) is 4.21. The van der Waals surface area contributed by atoms with Crippen molar-refractivity contribution in [1.82, 2.24) is 0 Å². The minimum absolute atomic E-state index is 0.0278. The second-order valence-electron chi connectivity index (χ2n) is 3.17. The molecule has 3 heteroatoms. The maximum atomic E-state index is 5.31. The van der Waals surface area contributed by atoms with Crippen LogP contribution < -0.4 is 0 Å². The fraction of sp³-hybridized carbons (Fsp3) is 1.00. The number of ether oxygens (including phenoxy) is 3. The third-order valence-electron chi connectivity index (χ3n) is 1.93. The highest BCUT2D eigenvalue weighted by Gasteiger charge is 2.23. The third-order valence-corrected chi connectivity index (χ3v) is 1.93. The van der Waals surface area contributed by atoms with Crippen LogP contribution in [0.5, 0.6) is 0 Å². The molecule has 0 fully saturated rings. The average molecular weight is 176 g/mol. The Kier molecular flexibility index (Phi) is 6.34. The number of hydrogen-bond acceptors (Lipinski definition) is 3. The summed E-state index contributed by atoms with van der Waals surface area (Å²) in [4.78, 5) is 0. The van der Waals surface area contributed by atoms with E-state index in [4.69, 9.17) is 14.2 Å². The van der Waals surface area contributed by atoms with Crippen molar-refractivity contribution in [2.75, 3.05) is 27.9 Å². The summed E-state index contributed by atoms with van der Waals surface area (Å²) in [6.45, 7) is 4.79. The van der Waals surface area contributed by atoms with E-state index in [0.29, 0.717) is 12.5 Å². The first-order chi connectivity index (χ1) is 5.67. The van der Waals surface area contributed by atoms with E-state index in [2.05, 4.69) is 13.8 Å². The van der Waals surface area contributed by atoms with Gasteiger partial charge in [-0.3, -0.25) is 0 Å². The van der Waals surface area contributed by atoms with E-state index in [9.17, 15) is 0 Å². The first kappa shape index (κ1) is 11.9. The van der Waals surface area contributed by atoms with Crippen LogP contribution in [0.2, 0.25) is 0 Å². The van der Waals surface area contributed by atoms with Crippen molar-refractivity contribution < 1.29 is 14.2 Å². The van der Waals surface area contributed by atoms with Gasteiger partial charge >= 0.3 is 0 Å². The molecule has 0 spiro atoms. The predicted octanol–water partition coefficient (Wildman–Crippen LogP) is 1.32. The fourth-order valence-corrected chi connectivity index (χ4v) is 1.31. The van der Waals surface area contributed by atoms with Crippen LogP contribution in [0.1, 0.15) is 13.8 Å². The maximum Gasteiger partial charge on any atom is 0.107 e. The summed E-state index contributed by atoms with van der Waals surface area (Å²) in [6, 6.07) is 0. The third kappa shape index (κ3) is 3.52. The number of hydrogen-bond donors (Lipinski definition) is 0. The molecule has 0 rings (SSSR count). The lowest BCUT2D eigenvalue weighted by Gasteiger charge is -2.27. The normalized spacial score (nSPS) is 16.5. The van der Waals surface area contributed by atoms with Crippen molar-refractivity contribution in [2.45, 2.75) is 26.1 Å². The van der Waals surface area contributed by atoms with Crippen LogP contribution in [0.15, 0.2) is 0 Å². The van der Waals surface area contributed by atoms with Crippen molar-refractivity contribution >= 4 is 0 Å². The quantitative estimate of drug-likeness (QED) is 0.611. The lowest BCUT2D eigenvalue weighted by Crippen LogP contribution is -2.37. The Hall–Kier alpha value is -0.120. The Morgan fingerprint density at radius 2 is 1.58 bits per heavy atom. The van der Waals surface area contributed by atoms with Gasteiger partial charge in [-0.15, -0.1) is 0 Å². The summed E-state index contributed by atoms with van der Waals surface area (Å²) < 4.78 is 15.6. The highest BCUT2D eigenvalue weighted by molar-refractivity contribution is 4.72. The van der Waals surface area contributed by atoms with Crippen LogP contribution in [-0.4, -0.2) is 40.1 Å². The molecule has 0 heterocycles. The SMILES string of the molecule is COC[C@@H](OC)C(OC)C(C)C. The minimum atomic E-state index is 0.0278. The van der Waals surface area contributed by atoms with Gasteiger partial charge in [0.1, 0.15) is 6.10 Å². The lowest BCUT2D eigenvalue weighted by molar-refractivity contribution is -0.0851. The number of rotatable bonds is 6. The van der Waals surface area contributed by atoms with Gasteiger partial charge in [0.2, 0.25) is 0 Å². The molecule has 0 aliphatic heterocycles. The molecule has 0 bridgehead atoms. The van der Waals surface area contributed by atoms with Gasteiger partial charge in [0.25, 0.3) is 0 Å². The lowest BCUT2D eigenvalue weighted by atomic mass is 10.0. The van der Waals surface area contributed by atoms with E-state index < -0.39 is 0 Å². The zero-order valence-electron chi connectivity index (χ0n) is 8.66. The zero-order valence-corrected chi connectivity index (χ0v) is 8.66. The zero-order chi connectivity index (χ0) is 9.56. The average Bonchev–Trinajstić information content (AvgIpc) is 2.03. The monoisotopic (exact) mass is 176 g/mol. The molecule has 0 aromatic rings. The predicted molar refractivity (Wildman–Crippen MR) is 48.3 cm³/mol. The molecular formula is C9H20O3. The Morgan fingerprint density at radius 3 is 1.83 bits per heavy atom. The van der Waals surface area contributed by atoms with Crippen molar-refractivity contribution in [3.05, 3.63) is 0 Å². The van der Waals surface area contributed by atoms with Crippen LogP contribution >= 0.6 is 0 Å². The van der Waals surface area contributed by atoms with E-state index >= 15 is 0 Å². The second-order valence-corrected chi connectivity index (χ2v) is 3.17. The highest BCUT2D eigenvalue weighted by Crippen LogP contribution is 2.12. The Labute approximate surface area is 75.0 Å². The van der Waals surface area contributed by atoms with Crippen LogP contribution in [-0.2, 0) is 14.2 Å². The molecule has 0 aliphatic rings. The van der Waals surface area contributed by atoms with Gasteiger partial charge in [-0.1, -0.05) is 13.8 Å². The standard InChI is InChI=1S/C9H20O3/c1-7(2)9(12-5)8(11-4)6-10-3/h7-9H,6H2,1-5H3/t8-,9?/m1/s1. The summed E-state index contributed by atoms with van der Waals surface area (Å²) in [5.74, 6) is 0.440. The summed E-state index contributed by atoms with van der Waals surface area (Å²) in [7, 11) is 5.05. The van der Waals surface area contributed by atoms with Crippen LogP contribution in [0, 0.1) is 5.92 Å². The summed E-state index contributed by atoms with van der Waals surface area (Å²) in [6.07, 6.45) is 0.134. The molecule has 0 saturated heterocycles. The summed E-state index contributed by atoms with van der Waals surface area (Å²) in [5.41, 5.74) is 0. The van der Waals surface area contributed by atoms with Gasteiger partial charge in [0, 0.05) is 21.3 Å². The highest BCUT2D eigenvalue weighted by atomic mass is 16.6. The van der Waals surface area contributed by atoms with E-state index in [1.807, 2.05) is 0 Å². The Balaban J connectivity index is 4.02. The molecule has 0 aromatic heterocycles. The molecule has 0 aliphatic carbocycles. The molecule has 1 unspecified atom stereocenters. The van der Waals surface area contributed by atoms with Crippen molar-refractivity contribution in [3.8, 4) is 0 Å². The molecule has 0 radical (unpaired) electrons. The van der Waals surface area contributed by atoms with E-state index in [-0.39, 0.29) is 12.2 Å². The van der Waals surface area contributed by atoms with E-state index in [1.165, 1.54) is 0 Å². The molecule has 3 nitrogen and oxygen atoms in total. The van der Waals surface area contributed by atoms with Crippen molar-refractivity contribution in [3.63, 3.8) is 0 Å². The van der Waals surface area contributed by atoms with E-state index in [1.54, 1.807) is 21.3 Å². The molecule has 74 valence electrons.